The lowest BCUT2D eigenvalue weighted by Gasteiger charge is -2.22. The van der Waals surface area contributed by atoms with Gasteiger partial charge < -0.3 is 5.11 Å². The van der Waals surface area contributed by atoms with E-state index in [0.717, 1.165) is 17.4 Å². The van der Waals surface area contributed by atoms with E-state index in [0.29, 0.717) is 23.4 Å². The molecule has 0 spiro atoms. The highest BCUT2D eigenvalue weighted by molar-refractivity contribution is 7.92. The molecule has 1 heterocycles. The number of sulfonamides is 1. The van der Waals surface area contributed by atoms with Crippen molar-refractivity contribution in [2.45, 2.75) is 32.2 Å². The summed E-state index contributed by atoms with van der Waals surface area (Å²) in [6.07, 6.45) is 1.09. The number of aliphatic carboxylic acids is 1. The van der Waals surface area contributed by atoms with Crippen LogP contribution in [-0.4, -0.2) is 42.4 Å². The molecule has 30 heavy (non-hydrogen) atoms. The number of aryl methyl sites for hydroxylation is 1. The van der Waals surface area contributed by atoms with Crippen LogP contribution in [0.5, 0.6) is 0 Å². The third-order valence-corrected chi connectivity index (χ3v) is 5.25. The zero-order valence-electron chi connectivity index (χ0n) is 16.7. The first kappa shape index (κ1) is 21.5. The summed E-state index contributed by atoms with van der Waals surface area (Å²) in [6.45, 7) is 1.96. The molecule has 9 heteroatoms. The maximum atomic E-state index is 12.7. The second-order valence-corrected chi connectivity index (χ2v) is 9.02. The fourth-order valence-electron chi connectivity index (χ4n) is 3.36. The number of carboxylic acid groups (broad SMARTS) is 1. The molecule has 1 aliphatic rings. The third kappa shape index (κ3) is 5.44. The summed E-state index contributed by atoms with van der Waals surface area (Å²) >= 11 is 0. The Kier molecular flexibility index (Phi) is 6.21. The van der Waals surface area contributed by atoms with Crippen molar-refractivity contribution in [1.29, 1.82) is 0 Å². The van der Waals surface area contributed by atoms with Crippen LogP contribution in [0.3, 0.4) is 0 Å². The number of carbonyl (C=O) groups excluding carboxylic acids is 1. The van der Waals surface area contributed by atoms with Crippen LogP contribution in [0.25, 0.3) is 0 Å². The van der Waals surface area contributed by atoms with E-state index in [9.17, 15) is 18.0 Å². The van der Waals surface area contributed by atoms with Gasteiger partial charge in [-0.25, -0.2) is 13.4 Å². The highest BCUT2D eigenvalue weighted by Crippen LogP contribution is 2.34. The number of rotatable bonds is 7. The van der Waals surface area contributed by atoms with E-state index in [2.05, 4.69) is 9.82 Å². The molecule has 0 bridgehead atoms. The molecule has 1 atom stereocenters. The Bertz CT molecular complexity index is 1110. The minimum absolute atomic E-state index is 0.149. The van der Waals surface area contributed by atoms with Gasteiger partial charge in [-0.15, -0.1) is 0 Å². The predicted molar refractivity (Wildman–Crippen MR) is 114 cm³/mol. The van der Waals surface area contributed by atoms with E-state index in [1.807, 2.05) is 31.2 Å². The Labute approximate surface area is 175 Å². The van der Waals surface area contributed by atoms with Crippen molar-refractivity contribution in [2.75, 3.05) is 11.0 Å². The van der Waals surface area contributed by atoms with Crippen LogP contribution in [0.4, 0.5) is 5.69 Å². The number of hydrogen-bond donors (Lipinski definition) is 2. The largest absolute Gasteiger partial charge is 0.481 e. The molecule has 2 aromatic carbocycles. The van der Waals surface area contributed by atoms with Crippen LogP contribution >= 0.6 is 0 Å². The first-order valence-electron chi connectivity index (χ1n) is 9.38. The molecule has 2 aromatic rings. The highest BCUT2D eigenvalue weighted by atomic mass is 32.2. The molecular formula is C21H23N3O5S. The number of carbonyl (C=O) groups is 2. The molecule has 0 aromatic heterocycles. The van der Waals surface area contributed by atoms with Crippen molar-refractivity contribution in [3.05, 3.63) is 65.2 Å². The molecule has 158 valence electrons. The normalized spacial score (nSPS) is 16.3. The molecular weight excluding hydrogens is 406 g/mol. The van der Waals surface area contributed by atoms with Crippen LogP contribution < -0.4 is 4.72 Å². The quantitative estimate of drug-likeness (QED) is 0.702. The second kappa shape index (κ2) is 8.66. The van der Waals surface area contributed by atoms with Gasteiger partial charge in [0.25, 0.3) is 0 Å². The van der Waals surface area contributed by atoms with E-state index >= 15 is 0 Å². The maximum Gasteiger partial charge on any atom is 0.303 e. The van der Waals surface area contributed by atoms with Crippen LogP contribution in [-0.2, 0) is 19.6 Å². The molecule has 1 aliphatic heterocycles. The van der Waals surface area contributed by atoms with Crippen LogP contribution in [0.15, 0.2) is 53.6 Å². The second-order valence-electron chi connectivity index (χ2n) is 7.27. The summed E-state index contributed by atoms with van der Waals surface area (Å²) in [7, 11) is -3.43. The lowest BCUT2D eigenvalue weighted by atomic mass is 9.97. The topological polar surface area (TPSA) is 116 Å². The zero-order chi connectivity index (χ0) is 21.9. The average molecular weight is 429 g/mol. The highest BCUT2D eigenvalue weighted by Gasteiger charge is 2.33. The van der Waals surface area contributed by atoms with Crippen molar-refractivity contribution in [3.63, 3.8) is 0 Å². The molecule has 0 fully saturated rings. The van der Waals surface area contributed by atoms with E-state index in [-0.39, 0.29) is 24.8 Å². The van der Waals surface area contributed by atoms with E-state index in [4.69, 9.17) is 5.11 Å². The number of nitrogens with zero attached hydrogens (tertiary/aromatic N) is 2. The number of amides is 1. The van der Waals surface area contributed by atoms with Crippen molar-refractivity contribution < 1.29 is 23.1 Å². The molecule has 1 unspecified atom stereocenters. The number of anilines is 1. The van der Waals surface area contributed by atoms with Crippen molar-refractivity contribution in [3.8, 4) is 0 Å². The Morgan fingerprint density at radius 1 is 1.17 bits per heavy atom. The standard InChI is InChI=1S/C21H23N3O5S/c1-14-5-3-7-16(11-14)19-13-18(22-24(19)20(25)9-10-21(26)27)15-6-4-8-17(12-15)23-30(2,28)29/h3-8,11-12,19,23H,9-10,13H2,1-2H3,(H,26,27). The van der Waals surface area contributed by atoms with Gasteiger partial charge in [0, 0.05) is 18.5 Å². The van der Waals surface area contributed by atoms with Crippen molar-refractivity contribution in [1.82, 2.24) is 5.01 Å². The monoisotopic (exact) mass is 429 g/mol. The third-order valence-electron chi connectivity index (χ3n) is 4.64. The Morgan fingerprint density at radius 2 is 1.90 bits per heavy atom. The zero-order valence-corrected chi connectivity index (χ0v) is 17.5. The summed E-state index contributed by atoms with van der Waals surface area (Å²) < 4.78 is 25.5. The molecule has 1 amide bonds. The fourth-order valence-corrected chi connectivity index (χ4v) is 3.91. The van der Waals surface area contributed by atoms with Gasteiger partial charge >= 0.3 is 5.97 Å². The van der Waals surface area contributed by atoms with Crippen LogP contribution in [0.1, 0.15) is 42.0 Å². The van der Waals surface area contributed by atoms with Gasteiger partial charge in [0.05, 0.1) is 24.4 Å². The molecule has 3 rings (SSSR count). The number of nitrogens with one attached hydrogen (secondary N) is 1. The summed E-state index contributed by atoms with van der Waals surface area (Å²) in [5.41, 5.74) is 3.67. The minimum Gasteiger partial charge on any atom is -0.481 e. The molecule has 0 radical (unpaired) electrons. The van der Waals surface area contributed by atoms with Crippen molar-refractivity contribution in [2.24, 2.45) is 5.10 Å². The van der Waals surface area contributed by atoms with E-state index < -0.39 is 16.0 Å². The van der Waals surface area contributed by atoms with E-state index in [1.54, 1.807) is 24.3 Å². The maximum absolute atomic E-state index is 12.7. The van der Waals surface area contributed by atoms with Gasteiger partial charge in [-0.05, 0) is 30.2 Å². The Morgan fingerprint density at radius 3 is 2.57 bits per heavy atom. The minimum atomic E-state index is -3.43. The predicted octanol–water partition coefficient (Wildman–Crippen LogP) is 2.91. The SMILES string of the molecule is Cc1cccc(C2CC(c3cccc(NS(C)(=O)=O)c3)=NN2C(=O)CCC(=O)O)c1. The number of benzene rings is 2. The van der Waals surface area contributed by atoms with Crippen molar-refractivity contribution >= 4 is 33.3 Å². The molecule has 0 aliphatic carbocycles. The van der Waals surface area contributed by atoms with E-state index in [1.165, 1.54) is 5.01 Å². The lowest BCUT2D eigenvalue weighted by molar-refractivity contribution is -0.141. The van der Waals surface area contributed by atoms with Gasteiger partial charge in [0.2, 0.25) is 15.9 Å². The Hall–Kier alpha value is -3.20. The number of carboxylic acids is 1. The molecule has 2 N–H and O–H groups in total. The van der Waals surface area contributed by atoms with Crippen LogP contribution in [0.2, 0.25) is 0 Å². The Balaban J connectivity index is 1.93. The molecule has 0 saturated carbocycles. The first-order chi connectivity index (χ1) is 14.1. The molecule has 8 nitrogen and oxygen atoms in total. The van der Waals surface area contributed by atoms with Gasteiger partial charge in [-0.2, -0.15) is 5.10 Å². The summed E-state index contributed by atoms with van der Waals surface area (Å²) in [5.74, 6) is -1.41. The summed E-state index contributed by atoms with van der Waals surface area (Å²) in [4.78, 5) is 23.6. The van der Waals surface area contributed by atoms with Gasteiger partial charge in [-0.3, -0.25) is 14.3 Å². The number of hydrogen-bond acceptors (Lipinski definition) is 5. The summed E-state index contributed by atoms with van der Waals surface area (Å²) in [5, 5.41) is 14.8. The summed E-state index contributed by atoms with van der Waals surface area (Å²) in [6, 6.07) is 14.2. The van der Waals surface area contributed by atoms with Crippen LogP contribution in [0, 0.1) is 6.92 Å². The number of hydrazone groups is 1. The van der Waals surface area contributed by atoms with Gasteiger partial charge in [0.15, 0.2) is 0 Å². The van der Waals surface area contributed by atoms with Gasteiger partial charge in [0.1, 0.15) is 0 Å². The molecule has 0 saturated heterocycles. The smallest absolute Gasteiger partial charge is 0.303 e. The average Bonchev–Trinajstić information content (AvgIpc) is 3.10. The lowest BCUT2D eigenvalue weighted by Crippen LogP contribution is -2.27. The fraction of sp³-hybridized carbons (Fsp3) is 0.286. The van der Waals surface area contributed by atoms with Gasteiger partial charge in [-0.1, -0.05) is 42.0 Å². The first-order valence-corrected chi connectivity index (χ1v) is 11.3.